The van der Waals surface area contributed by atoms with Gasteiger partial charge in [-0.3, -0.25) is 9.79 Å². The van der Waals surface area contributed by atoms with Crippen LogP contribution in [0.4, 0.5) is 0 Å². The zero-order valence-electron chi connectivity index (χ0n) is 25.7. The largest absolute Gasteiger partial charge is 0.388 e. The molecule has 2 fully saturated rings. The molecule has 1 saturated carbocycles. The molecule has 10 nitrogen and oxygen atoms in total. The van der Waals surface area contributed by atoms with Crippen molar-refractivity contribution < 1.29 is 28.2 Å². The fourth-order valence-corrected chi connectivity index (χ4v) is 8.40. The van der Waals surface area contributed by atoms with E-state index in [-0.39, 0.29) is 37.9 Å². The van der Waals surface area contributed by atoms with Crippen molar-refractivity contribution in [1.82, 2.24) is 14.2 Å². The summed E-state index contributed by atoms with van der Waals surface area (Å²) in [6.45, 7) is 1.11. The van der Waals surface area contributed by atoms with Crippen LogP contribution in [0, 0.1) is 5.92 Å². The van der Waals surface area contributed by atoms with E-state index < -0.39 is 27.8 Å². The molecule has 0 radical (unpaired) electrons. The zero-order chi connectivity index (χ0) is 31.4. The number of piperidine rings is 1. The van der Waals surface area contributed by atoms with E-state index in [1.165, 1.54) is 10.7 Å². The lowest BCUT2D eigenvalue weighted by Gasteiger charge is -2.34. The van der Waals surface area contributed by atoms with Gasteiger partial charge in [0.15, 0.2) is 0 Å². The predicted molar refractivity (Wildman–Crippen MR) is 173 cm³/mol. The summed E-state index contributed by atoms with van der Waals surface area (Å²) in [6.07, 6.45) is 6.56. The van der Waals surface area contributed by atoms with Crippen molar-refractivity contribution in [3.8, 4) is 0 Å². The van der Waals surface area contributed by atoms with Gasteiger partial charge in [-0.15, -0.1) is 0 Å². The molecule has 3 N–H and O–H groups in total. The minimum atomic E-state index is -3.54. The van der Waals surface area contributed by atoms with Crippen molar-refractivity contribution in [2.45, 2.75) is 82.3 Å². The minimum Gasteiger partial charge on any atom is -0.388 e. The molecule has 1 amide bonds. The van der Waals surface area contributed by atoms with Crippen molar-refractivity contribution in [3.63, 3.8) is 0 Å². The van der Waals surface area contributed by atoms with Crippen molar-refractivity contribution >= 4 is 32.7 Å². The molecule has 1 spiro atoms. The van der Waals surface area contributed by atoms with Crippen molar-refractivity contribution in [3.05, 3.63) is 71.9 Å². The Morgan fingerprint density at radius 2 is 1.73 bits per heavy atom. The summed E-state index contributed by atoms with van der Waals surface area (Å²) in [6, 6.07) is 17.3. The summed E-state index contributed by atoms with van der Waals surface area (Å²) in [7, 11) is -3.54. The normalized spacial score (nSPS) is 20.8. The molecule has 3 heterocycles. The van der Waals surface area contributed by atoms with Gasteiger partial charge in [0.2, 0.25) is 10.0 Å². The number of aliphatic hydroxyl groups is 2. The topological polar surface area (TPSA) is 133 Å². The first-order valence-corrected chi connectivity index (χ1v) is 17.8. The smallest absolute Gasteiger partial charge is 0.253 e. The summed E-state index contributed by atoms with van der Waals surface area (Å²) in [4.78, 5) is 17.9. The van der Waals surface area contributed by atoms with Crippen LogP contribution in [0.3, 0.4) is 0 Å². The standard InChI is InChI=1S/C34H44N4O6S/c39-30(31(40)24-44-23-25-8-3-1-4-9-25)22-37-18-14-28-26(12-7-13-29(28)37)15-21-45(42,43)38-19-16-34(17-20-38)33(41)35-32(36-34)27-10-5-2-6-11-27/h1,3-4,7-9,12-14,18,27,30-31,39-40H,2,5-6,10-11,15-17,19-24H2,(H,35,36,41). The van der Waals surface area contributed by atoms with E-state index in [2.05, 4.69) is 5.32 Å². The molecule has 3 aliphatic rings. The Kier molecular flexibility index (Phi) is 9.72. The molecular formula is C34H44N4O6S. The molecule has 1 aromatic heterocycles. The van der Waals surface area contributed by atoms with Gasteiger partial charge in [-0.25, -0.2) is 12.7 Å². The number of ether oxygens (including phenoxy) is 1. The molecule has 2 aromatic carbocycles. The summed E-state index contributed by atoms with van der Waals surface area (Å²) < 4.78 is 35.8. The highest BCUT2D eigenvalue weighted by molar-refractivity contribution is 7.89. The maximum Gasteiger partial charge on any atom is 0.253 e. The minimum absolute atomic E-state index is 0.00863. The molecule has 1 aliphatic carbocycles. The molecule has 45 heavy (non-hydrogen) atoms. The lowest BCUT2D eigenvalue weighted by Crippen LogP contribution is -2.51. The van der Waals surface area contributed by atoms with Crippen LogP contribution in [-0.4, -0.2) is 82.4 Å². The Bertz CT molecular complexity index is 1610. The summed E-state index contributed by atoms with van der Waals surface area (Å²) in [5, 5.41) is 25.1. The highest BCUT2D eigenvalue weighted by Crippen LogP contribution is 2.35. The number of rotatable bonds is 12. The number of benzene rings is 2. The fourth-order valence-electron chi connectivity index (χ4n) is 6.92. The van der Waals surface area contributed by atoms with Gasteiger partial charge in [0.25, 0.3) is 5.91 Å². The third-order valence-electron chi connectivity index (χ3n) is 9.69. The number of carbonyl (C=O) groups is 1. The Morgan fingerprint density at radius 3 is 2.49 bits per heavy atom. The first-order chi connectivity index (χ1) is 21.7. The van der Waals surface area contributed by atoms with E-state index in [0.717, 1.165) is 53.5 Å². The SMILES string of the molecule is O=C1NC(C2CCCCC2)=NC12CCN(S(=O)(=O)CCc1cccc3c1ccn3CC(O)C(O)COCc1ccccc1)CC2. The fraction of sp³-hybridized carbons (Fsp3) is 0.529. The van der Waals surface area contributed by atoms with E-state index >= 15 is 0 Å². The van der Waals surface area contributed by atoms with E-state index in [9.17, 15) is 23.4 Å². The van der Waals surface area contributed by atoms with Crippen LogP contribution in [0.25, 0.3) is 10.9 Å². The number of aromatic nitrogens is 1. The average Bonchev–Trinajstić information content (AvgIpc) is 3.61. The third-order valence-corrected chi connectivity index (χ3v) is 11.6. The van der Waals surface area contributed by atoms with E-state index in [4.69, 9.17) is 9.73 Å². The number of amides is 1. The van der Waals surface area contributed by atoms with Crippen molar-refractivity contribution in [2.24, 2.45) is 10.9 Å². The summed E-state index contributed by atoms with van der Waals surface area (Å²) in [5.41, 5.74) is 1.93. The Labute approximate surface area is 265 Å². The number of sulfonamides is 1. The molecule has 3 aromatic rings. The molecule has 6 rings (SSSR count). The van der Waals surface area contributed by atoms with Crippen LogP contribution in [0.15, 0.2) is 65.8 Å². The molecule has 2 unspecified atom stereocenters. The molecule has 1 saturated heterocycles. The predicted octanol–water partition coefficient (Wildman–Crippen LogP) is 3.40. The first kappa shape index (κ1) is 31.9. The number of amidine groups is 1. The summed E-state index contributed by atoms with van der Waals surface area (Å²) >= 11 is 0. The van der Waals surface area contributed by atoms with Gasteiger partial charge < -0.3 is 24.8 Å². The first-order valence-electron chi connectivity index (χ1n) is 16.2. The molecule has 242 valence electrons. The number of aryl methyl sites for hydroxylation is 1. The Morgan fingerprint density at radius 1 is 0.978 bits per heavy atom. The van der Waals surface area contributed by atoms with Crippen LogP contribution >= 0.6 is 0 Å². The van der Waals surface area contributed by atoms with E-state index in [0.29, 0.717) is 31.8 Å². The van der Waals surface area contributed by atoms with E-state index in [1.807, 2.05) is 65.4 Å². The highest BCUT2D eigenvalue weighted by atomic mass is 32.2. The second-order valence-corrected chi connectivity index (χ2v) is 14.8. The zero-order valence-corrected chi connectivity index (χ0v) is 26.5. The number of nitrogens with zero attached hydrogens (tertiary/aromatic N) is 3. The second-order valence-electron chi connectivity index (χ2n) is 12.7. The van der Waals surface area contributed by atoms with Gasteiger partial charge in [0.05, 0.1) is 31.6 Å². The molecule has 0 bridgehead atoms. The number of aliphatic hydroxyl groups excluding tert-OH is 2. The number of nitrogens with one attached hydrogen (secondary N) is 1. The Hall–Kier alpha value is -3.09. The van der Waals surface area contributed by atoms with Crippen LogP contribution in [-0.2, 0) is 39.1 Å². The molecule has 11 heteroatoms. The number of carbonyl (C=O) groups excluding carboxylic acids is 1. The maximum absolute atomic E-state index is 13.4. The number of aliphatic imine (C=N–C) groups is 1. The van der Waals surface area contributed by atoms with Gasteiger partial charge in [0, 0.05) is 36.1 Å². The number of fused-ring (bicyclic) bond motifs is 1. The van der Waals surface area contributed by atoms with Crippen molar-refractivity contribution in [1.29, 1.82) is 0 Å². The third kappa shape index (κ3) is 7.18. The Balaban J connectivity index is 1.03. The lowest BCUT2D eigenvalue weighted by atomic mass is 9.88. The quantitative estimate of drug-likeness (QED) is 0.279. The van der Waals surface area contributed by atoms with Crippen LogP contribution in [0.5, 0.6) is 0 Å². The number of hydrogen-bond donors (Lipinski definition) is 3. The highest BCUT2D eigenvalue weighted by Gasteiger charge is 2.48. The van der Waals surface area contributed by atoms with Gasteiger partial charge in [-0.05, 0) is 55.4 Å². The van der Waals surface area contributed by atoms with E-state index in [1.54, 1.807) is 0 Å². The summed E-state index contributed by atoms with van der Waals surface area (Å²) in [5.74, 6) is 1.02. The van der Waals surface area contributed by atoms with Crippen LogP contribution < -0.4 is 5.32 Å². The van der Waals surface area contributed by atoms with Crippen molar-refractivity contribution in [2.75, 3.05) is 25.4 Å². The second kappa shape index (κ2) is 13.7. The monoisotopic (exact) mass is 636 g/mol. The maximum atomic E-state index is 13.4. The van der Waals surface area contributed by atoms with Gasteiger partial charge >= 0.3 is 0 Å². The average molecular weight is 637 g/mol. The molecular weight excluding hydrogens is 592 g/mol. The van der Waals surface area contributed by atoms with Gasteiger partial charge in [-0.2, -0.15) is 0 Å². The molecule has 2 aliphatic heterocycles. The number of hydrogen-bond acceptors (Lipinski definition) is 7. The van der Waals surface area contributed by atoms with Crippen LogP contribution in [0.1, 0.15) is 56.1 Å². The lowest BCUT2D eigenvalue weighted by molar-refractivity contribution is -0.125. The molecule has 2 atom stereocenters. The van der Waals surface area contributed by atoms with Crippen LogP contribution in [0.2, 0.25) is 0 Å². The van der Waals surface area contributed by atoms with Gasteiger partial charge in [-0.1, -0.05) is 61.7 Å². The van der Waals surface area contributed by atoms with Gasteiger partial charge in [0.1, 0.15) is 17.5 Å².